The number of amides is 3. The largest absolute Gasteiger partial charge is 0.341 e. The van der Waals surface area contributed by atoms with E-state index >= 15 is 0 Å². The van der Waals surface area contributed by atoms with Crippen LogP contribution < -0.4 is 0 Å². The van der Waals surface area contributed by atoms with E-state index in [4.69, 9.17) is 0 Å². The second kappa shape index (κ2) is 5.36. The number of fused-ring (bicyclic) bond motifs is 5. The molecule has 4 fully saturated rings. The van der Waals surface area contributed by atoms with Crippen LogP contribution in [0.5, 0.6) is 0 Å². The second-order valence-electron chi connectivity index (χ2n) is 7.44. The highest BCUT2D eigenvalue weighted by Crippen LogP contribution is 2.56. The molecular formula is C17H24N2O3. The maximum Gasteiger partial charge on any atom is 0.242 e. The maximum absolute atomic E-state index is 12.6. The zero-order valence-electron chi connectivity index (χ0n) is 13.0. The van der Waals surface area contributed by atoms with Gasteiger partial charge >= 0.3 is 0 Å². The highest BCUT2D eigenvalue weighted by molar-refractivity contribution is 6.08. The molecule has 120 valence electrons. The van der Waals surface area contributed by atoms with Crippen LogP contribution >= 0.6 is 0 Å². The molecule has 0 unspecified atom stereocenters. The van der Waals surface area contributed by atoms with Crippen molar-refractivity contribution in [3.8, 4) is 0 Å². The third kappa shape index (κ3) is 2.09. The minimum absolute atomic E-state index is 0.0237. The molecule has 5 heteroatoms. The van der Waals surface area contributed by atoms with Gasteiger partial charge < -0.3 is 4.90 Å². The number of hydrogen-bond acceptors (Lipinski definition) is 3. The summed E-state index contributed by atoms with van der Waals surface area (Å²) in [4.78, 5) is 40.8. The summed E-state index contributed by atoms with van der Waals surface area (Å²) in [6.07, 6.45) is 7.60. The molecule has 4 rings (SSSR count). The van der Waals surface area contributed by atoms with Gasteiger partial charge in [-0.3, -0.25) is 19.3 Å². The highest BCUT2D eigenvalue weighted by Gasteiger charge is 2.61. The first-order chi connectivity index (χ1) is 10.7. The minimum atomic E-state index is -0.108. The summed E-state index contributed by atoms with van der Waals surface area (Å²) in [5, 5.41) is 0. The summed E-state index contributed by atoms with van der Waals surface area (Å²) < 4.78 is 0. The van der Waals surface area contributed by atoms with Gasteiger partial charge in [0.05, 0.1) is 11.8 Å². The van der Waals surface area contributed by atoms with Crippen molar-refractivity contribution in [2.24, 2.45) is 23.7 Å². The zero-order valence-corrected chi connectivity index (χ0v) is 13.0. The van der Waals surface area contributed by atoms with E-state index in [1.807, 2.05) is 4.90 Å². The van der Waals surface area contributed by atoms with Gasteiger partial charge in [-0.1, -0.05) is 12.8 Å². The van der Waals surface area contributed by atoms with Crippen molar-refractivity contribution < 1.29 is 14.4 Å². The lowest BCUT2D eigenvalue weighted by molar-refractivity contribution is -0.147. The SMILES string of the molecule is O=C(CN1C(=O)[C@@H]2[C@H]3CC[C@@H](C3)[C@@H]2C1=O)N1CCCCCC1. The van der Waals surface area contributed by atoms with Crippen LogP contribution in [0, 0.1) is 23.7 Å². The van der Waals surface area contributed by atoms with Crippen LogP contribution in [-0.2, 0) is 14.4 Å². The van der Waals surface area contributed by atoms with Crippen molar-refractivity contribution >= 4 is 17.7 Å². The Morgan fingerprint density at radius 3 is 2.00 bits per heavy atom. The van der Waals surface area contributed by atoms with Crippen molar-refractivity contribution in [2.75, 3.05) is 19.6 Å². The first-order valence-electron chi connectivity index (χ1n) is 8.80. The number of carbonyl (C=O) groups is 3. The van der Waals surface area contributed by atoms with Gasteiger partial charge in [-0.05, 0) is 43.9 Å². The smallest absolute Gasteiger partial charge is 0.242 e. The average Bonchev–Trinajstić information content (AvgIpc) is 3.09. The molecule has 0 spiro atoms. The molecule has 4 atom stereocenters. The Balaban J connectivity index is 1.46. The summed E-state index contributed by atoms with van der Waals surface area (Å²) in [6.45, 7) is 1.52. The Bertz CT molecular complexity index is 482. The number of imide groups is 1. The monoisotopic (exact) mass is 304 g/mol. The topological polar surface area (TPSA) is 57.7 Å². The molecule has 0 N–H and O–H groups in total. The van der Waals surface area contributed by atoms with Gasteiger partial charge in [-0.2, -0.15) is 0 Å². The van der Waals surface area contributed by atoms with E-state index in [2.05, 4.69) is 0 Å². The summed E-state index contributed by atoms with van der Waals surface area (Å²) >= 11 is 0. The molecule has 2 heterocycles. The minimum Gasteiger partial charge on any atom is -0.341 e. The van der Waals surface area contributed by atoms with Gasteiger partial charge in [0.15, 0.2) is 0 Å². The molecular weight excluding hydrogens is 280 g/mol. The van der Waals surface area contributed by atoms with Crippen LogP contribution in [-0.4, -0.2) is 47.2 Å². The van der Waals surface area contributed by atoms with Crippen LogP contribution in [0.25, 0.3) is 0 Å². The molecule has 0 aromatic rings. The molecule has 2 aliphatic carbocycles. The molecule has 2 aliphatic heterocycles. The van der Waals surface area contributed by atoms with Crippen LogP contribution in [0.15, 0.2) is 0 Å². The second-order valence-corrected chi connectivity index (χ2v) is 7.44. The first kappa shape index (κ1) is 14.2. The van der Waals surface area contributed by atoms with Gasteiger partial charge in [-0.15, -0.1) is 0 Å². The molecule has 2 bridgehead atoms. The predicted molar refractivity (Wildman–Crippen MR) is 79.6 cm³/mol. The van der Waals surface area contributed by atoms with Crippen molar-refractivity contribution in [1.29, 1.82) is 0 Å². The molecule has 3 amide bonds. The van der Waals surface area contributed by atoms with Gasteiger partial charge in [0.1, 0.15) is 6.54 Å². The fourth-order valence-electron chi connectivity index (χ4n) is 5.18. The quantitative estimate of drug-likeness (QED) is 0.725. The highest BCUT2D eigenvalue weighted by atomic mass is 16.2. The molecule has 22 heavy (non-hydrogen) atoms. The zero-order chi connectivity index (χ0) is 15.3. The summed E-state index contributed by atoms with van der Waals surface area (Å²) in [5.41, 5.74) is 0. The summed E-state index contributed by atoms with van der Waals surface area (Å²) in [6, 6.07) is 0. The molecule has 0 radical (unpaired) electrons. The molecule has 0 aromatic carbocycles. The van der Waals surface area contributed by atoms with E-state index in [9.17, 15) is 14.4 Å². The number of likely N-dealkylation sites (tertiary alicyclic amines) is 2. The van der Waals surface area contributed by atoms with Crippen molar-refractivity contribution in [3.05, 3.63) is 0 Å². The number of rotatable bonds is 2. The van der Waals surface area contributed by atoms with Crippen LogP contribution in [0.3, 0.4) is 0 Å². The first-order valence-corrected chi connectivity index (χ1v) is 8.80. The van der Waals surface area contributed by atoms with Gasteiger partial charge in [0.2, 0.25) is 17.7 Å². The third-order valence-electron chi connectivity index (χ3n) is 6.27. The molecule has 2 saturated carbocycles. The lowest BCUT2D eigenvalue weighted by atomic mass is 9.81. The van der Waals surface area contributed by atoms with E-state index < -0.39 is 0 Å². The predicted octanol–water partition coefficient (Wildman–Crippen LogP) is 1.42. The number of hydrogen-bond donors (Lipinski definition) is 0. The summed E-state index contributed by atoms with van der Waals surface area (Å²) in [7, 11) is 0. The maximum atomic E-state index is 12.6. The molecule has 0 aromatic heterocycles. The van der Waals surface area contributed by atoms with Crippen molar-refractivity contribution in [1.82, 2.24) is 9.80 Å². The fourth-order valence-corrected chi connectivity index (χ4v) is 5.18. The van der Waals surface area contributed by atoms with E-state index in [0.29, 0.717) is 11.8 Å². The molecule has 2 saturated heterocycles. The van der Waals surface area contributed by atoms with E-state index in [1.165, 1.54) is 17.7 Å². The normalized spacial score (nSPS) is 37.6. The van der Waals surface area contributed by atoms with Gasteiger partial charge in [0, 0.05) is 13.1 Å². The number of nitrogens with zero attached hydrogens (tertiary/aromatic N) is 2. The van der Waals surface area contributed by atoms with E-state index in [1.54, 1.807) is 0 Å². The van der Waals surface area contributed by atoms with Crippen LogP contribution in [0.2, 0.25) is 0 Å². The third-order valence-corrected chi connectivity index (χ3v) is 6.27. The standard InChI is InChI=1S/C17H24N2O3/c20-13(18-7-3-1-2-4-8-18)10-19-16(21)14-11-5-6-12(9-11)15(14)17(19)22/h11-12,14-15H,1-10H2/t11-,12-,14-,15+/m0/s1. The Kier molecular flexibility index (Phi) is 3.46. The lowest BCUT2D eigenvalue weighted by Crippen LogP contribution is -2.44. The van der Waals surface area contributed by atoms with Crippen LogP contribution in [0.4, 0.5) is 0 Å². The van der Waals surface area contributed by atoms with E-state index in [0.717, 1.165) is 45.2 Å². The lowest BCUT2D eigenvalue weighted by Gasteiger charge is -2.24. The van der Waals surface area contributed by atoms with E-state index in [-0.39, 0.29) is 36.1 Å². The molecule has 5 nitrogen and oxygen atoms in total. The Morgan fingerprint density at radius 2 is 1.45 bits per heavy atom. The van der Waals surface area contributed by atoms with Gasteiger partial charge in [-0.25, -0.2) is 0 Å². The fraction of sp³-hybridized carbons (Fsp3) is 0.824. The Morgan fingerprint density at radius 1 is 0.909 bits per heavy atom. The molecule has 4 aliphatic rings. The van der Waals surface area contributed by atoms with Crippen LogP contribution in [0.1, 0.15) is 44.9 Å². The Labute approximate surface area is 131 Å². The van der Waals surface area contributed by atoms with Crippen molar-refractivity contribution in [2.45, 2.75) is 44.9 Å². The Hall–Kier alpha value is -1.39. The average molecular weight is 304 g/mol. The number of carbonyl (C=O) groups excluding carboxylic acids is 3. The van der Waals surface area contributed by atoms with Gasteiger partial charge in [0.25, 0.3) is 0 Å². The summed E-state index contributed by atoms with van der Waals surface area (Å²) in [5.74, 6) is 0.396. The van der Waals surface area contributed by atoms with Crippen molar-refractivity contribution in [3.63, 3.8) is 0 Å².